The molecule has 90 valence electrons. The van der Waals surface area contributed by atoms with E-state index in [1.54, 1.807) is 0 Å². The summed E-state index contributed by atoms with van der Waals surface area (Å²) in [5.41, 5.74) is 5.81. The molecular weight excluding hydrogens is 229 g/mol. The van der Waals surface area contributed by atoms with E-state index in [-0.39, 0.29) is 5.69 Å². The van der Waals surface area contributed by atoms with Crippen LogP contribution in [-0.4, -0.2) is 23.2 Å². The van der Waals surface area contributed by atoms with Crippen LogP contribution in [0.25, 0.3) is 0 Å². The summed E-state index contributed by atoms with van der Waals surface area (Å²) in [4.78, 5) is 0.474. The first kappa shape index (κ1) is 13.1. The predicted molar refractivity (Wildman–Crippen MR) is 63.2 cm³/mol. The number of rotatable bonds is 6. The predicted octanol–water partition coefficient (Wildman–Crippen LogP) is 1.94. The van der Waals surface area contributed by atoms with Gasteiger partial charge in [-0.1, -0.05) is 6.92 Å². The van der Waals surface area contributed by atoms with E-state index in [1.165, 1.54) is 18.2 Å². The molecule has 0 saturated heterocycles. The van der Waals surface area contributed by atoms with Gasteiger partial charge < -0.3 is 10.5 Å². The highest BCUT2D eigenvalue weighted by Gasteiger charge is 2.08. The monoisotopic (exact) mass is 245 g/mol. The minimum atomic E-state index is -1.22. The molecular formula is C11H16FNO2S. The molecule has 16 heavy (non-hydrogen) atoms. The van der Waals surface area contributed by atoms with Crippen molar-refractivity contribution in [3.63, 3.8) is 0 Å². The molecule has 5 heteroatoms. The molecule has 0 aromatic heterocycles. The maximum Gasteiger partial charge on any atom is 0.125 e. The summed E-state index contributed by atoms with van der Waals surface area (Å²) in [6, 6.07) is 3.90. The largest absolute Gasteiger partial charge is 0.398 e. The highest BCUT2D eigenvalue weighted by Crippen LogP contribution is 2.17. The number of nitrogen functional groups attached to an aromatic ring is 1. The molecule has 1 atom stereocenters. The van der Waals surface area contributed by atoms with E-state index in [4.69, 9.17) is 10.5 Å². The van der Waals surface area contributed by atoms with Gasteiger partial charge in [0.05, 0.1) is 33.7 Å². The van der Waals surface area contributed by atoms with Crippen molar-refractivity contribution in [1.29, 1.82) is 0 Å². The van der Waals surface area contributed by atoms with E-state index in [2.05, 4.69) is 0 Å². The molecule has 2 N–H and O–H groups in total. The Balaban J connectivity index is 2.53. The number of nitrogens with two attached hydrogens (primary N) is 1. The van der Waals surface area contributed by atoms with Crippen LogP contribution in [-0.2, 0) is 15.5 Å². The second kappa shape index (κ2) is 6.60. The van der Waals surface area contributed by atoms with Crippen LogP contribution < -0.4 is 5.73 Å². The fraction of sp³-hybridized carbons (Fsp3) is 0.455. The molecule has 0 saturated carbocycles. The molecule has 1 unspecified atom stereocenters. The number of hydrogen-bond acceptors (Lipinski definition) is 3. The highest BCUT2D eigenvalue weighted by atomic mass is 32.2. The standard InChI is InChI=1S/C11H16FNO2S/c1-2-5-15-6-7-16(14)11-4-3-9(12)8-10(11)13/h3-4,8H,2,5-7,13H2,1H3. The van der Waals surface area contributed by atoms with Gasteiger partial charge in [-0.15, -0.1) is 0 Å². The van der Waals surface area contributed by atoms with Gasteiger partial charge in [0.15, 0.2) is 0 Å². The normalized spacial score (nSPS) is 12.6. The summed E-state index contributed by atoms with van der Waals surface area (Å²) in [7, 11) is -1.22. The smallest absolute Gasteiger partial charge is 0.125 e. The molecule has 0 heterocycles. The van der Waals surface area contributed by atoms with Crippen molar-refractivity contribution in [3.05, 3.63) is 24.0 Å². The minimum Gasteiger partial charge on any atom is -0.398 e. The van der Waals surface area contributed by atoms with E-state index >= 15 is 0 Å². The number of benzene rings is 1. The molecule has 0 fully saturated rings. The van der Waals surface area contributed by atoms with Crippen LogP contribution >= 0.6 is 0 Å². The third-order valence-corrected chi connectivity index (χ3v) is 3.38. The number of halogens is 1. The minimum absolute atomic E-state index is 0.230. The molecule has 1 aromatic carbocycles. The Bertz CT molecular complexity index is 371. The van der Waals surface area contributed by atoms with Crippen LogP contribution in [0, 0.1) is 5.82 Å². The fourth-order valence-corrected chi connectivity index (χ4v) is 2.25. The van der Waals surface area contributed by atoms with Crippen LogP contribution in [0.5, 0.6) is 0 Å². The maximum absolute atomic E-state index is 12.8. The zero-order chi connectivity index (χ0) is 12.0. The summed E-state index contributed by atoms with van der Waals surface area (Å²) < 4.78 is 29.8. The Morgan fingerprint density at radius 3 is 2.81 bits per heavy atom. The van der Waals surface area contributed by atoms with Gasteiger partial charge in [0.25, 0.3) is 0 Å². The van der Waals surface area contributed by atoms with E-state index in [9.17, 15) is 8.60 Å². The lowest BCUT2D eigenvalue weighted by Gasteiger charge is -2.06. The topological polar surface area (TPSA) is 52.3 Å². The molecule has 0 amide bonds. The average molecular weight is 245 g/mol. The van der Waals surface area contributed by atoms with Crippen LogP contribution in [0.15, 0.2) is 23.1 Å². The quantitative estimate of drug-likeness (QED) is 0.615. The van der Waals surface area contributed by atoms with Crippen molar-refractivity contribution in [1.82, 2.24) is 0 Å². The Morgan fingerprint density at radius 2 is 2.19 bits per heavy atom. The van der Waals surface area contributed by atoms with Crippen LogP contribution in [0.3, 0.4) is 0 Å². The van der Waals surface area contributed by atoms with Crippen molar-refractivity contribution >= 4 is 16.5 Å². The molecule has 0 radical (unpaired) electrons. The van der Waals surface area contributed by atoms with Gasteiger partial charge in [-0.3, -0.25) is 4.21 Å². The Kier molecular flexibility index (Phi) is 5.42. The molecule has 1 aromatic rings. The van der Waals surface area contributed by atoms with E-state index in [1.807, 2.05) is 6.92 Å². The second-order valence-corrected chi connectivity index (χ2v) is 4.88. The lowest BCUT2D eigenvalue weighted by Crippen LogP contribution is -2.08. The van der Waals surface area contributed by atoms with Crippen molar-refractivity contribution < 1.29 is 13.3 Å². The van der Waals surface area contributed by atoms with Crippen molar-refractivity contribution in [2.45, 2.75) is 18.2 Å². The van der Waals surface area contributed by atoms with Crippen LogP contribution in [0.1, 0.15) is 13.3 Å². The molecule has 3 nitrogen and oxygen atoms in total. The van der Waals surface area contributed by atoms with Crippen LogP contribution in [0.2, 0.25) is 0 Å². The van der Waals surface area contributed by atoms with Crippen molar-refractivity contribution in [3.8, 4) is 0 Å². The summed E-state index contributed by atoms with van der Waals surface area (Å²) in [6.07, 6.45) is 0.936. The highest BCUT2D eigenvalue weighted by molar-refractivity contribution is 7.85. The number of anilines is 1. The van der Waals surface area contributed by atoms with E-state index in [0.29, 0.717) is 23.9 Å². The van der Waals surface area contributed by atoms with Gasteiger partial charge in [0.2, 0.25) is 0 Å². The second-order valence-electron chi connectivity index (χ2n) is 3.34. The molecule has 1 rings (SSSR count). The van der Waals surface area contributed by atoms with Crippen molar-refractivity contribution in [2.75, 3.05) is 24.7 Å². The zero-order valence-electron chi connectivity index (χ0n) is 9.24. The summed E-state index contributed by atoms with van der Waals surface area (Å²) in [5.74, 6) is -0.0315. The first-order valence-corrected chi connectivity index (χ1v) is 6.48. The van der Waals surface area contributed by atoms with E-state index in [0.717, 1.165) is 6.42 Å². The molecule has 0 aliphatic carbocycles. The Morgan fingerprint density at radius 1 is 1.44 bits per heavy atom. The first-order chi connectivity index (χ1) is 7.65. The number of ether oxygens (including phenoxy) is 1. The number of hydrogen-bond donors (Lipinski definition) is 1. The Hall–Kier alpha value is -0.940. The van der Waals surface area contributed by atoms with Gasteiger partial charge in [-0.25, -0.2) is 4.39 Å². The van der Waals surface area contributed by atoms with Gasteiger partial charge in [-0.2, -0.15) is 0 Å². The lowest BCUT2D eigenvalue weighted by atomic mass is 10.3. The Labute approximate surface area is 97.2 Å². The van der Waals surface area contributed by atoms with Gasteiger partial charge in [0, 0.05) is 6.61 Å². The maximum atomic E-state index is 12.8. The summed E-state index contributed by atoms with van der Waals surface area (Å²) in [5, 5.41) is 0. The third-order valence-electron chi connectivity index (χ3n) is 1.98. The zero-order valence-corrected chi connectivity index (χ0v) is 10.1. The van der Waals surface area contributed by atoms with Crippen LogP contribution in [0.4, 0.5) is 10.1 Å². The molecule has 0 bridgehead atoms. The van der Waals surface area contributed by atoms with Crippen molar-refractivity contribution in [2.24, 2.45) is 0 Å². The SMILES string of the molecule is CCCOCCS(=O)c1ccc(F)cc1N. The van der Waals surface area contributed by atoms with Gasteiger partial charge in [0.1, 0.15) is 5.82 Å². The lowest BCUT2D eigenvalue weighted by molar-refractivity contribution is 0.150. The van der Waals surface area contributed by atoms with E-state index < -0.39 is 16.6 Å². The molecule has 0 spiro atoms. The summed E-state index contributed by atoms with van der Waals surface area (Å²) >= 11 is 0. The first-order valence-electron chi connectivity index (χ1n) is 5.16. The molecule has 0 aliphatic rings. The van der Waals surface area contributed by atoms with Gasteiger partial charge in [-0.05, 0) is 24.6 Å². The average Bonchev–Trinajstić information content (AvgIpc) is 2.24. The summed E-state index contributed by atoms with van der Waals surface area (Å²) in [6.45, 7) is 3.10. The fourth-order valence-electron chi connectivity index (χ4n) is 1.22. The molecule has 0 aliphatic heterocycles. The third kappa shape index (κ3) is 3.90. The van der Waals surface area contributed by atoms with Gasteiger partial charge >= 0.3 is 0 Å².